The van der Waals surface area contributed by atoms with Gasteiger partial charge in [0.25, 0.3) is 0 Å². The van der Waals surface area contributed by atoms with Crippen molar-refractivity contribution in [1.82, 2.24) is 5.06 Å². The Morgan fingerprint density at radius 3 is 3.10 bits per heavy atom. The summed E-state index contributed by atoms with van der Waals surface area (Å²) in [5.74, 6) is 0. The molecule has 10 heavy (non-hydrogen) atoms. The van der Waals surface area contributed by atoms with Crippen LogP contribution in [0.4, 0.5) is 0 Å². The molecule has 1 unspecified atom stereocenters. The number of aliphatic imine (C=N–C) groups is 1. The van der Waals surface area contributed by atoms with Gasteiger partial charge >= 0.3 is 0 Å². The summed E-state index contributed by atoms with van der Waals surface area (Å²) in [5.41, 5.74) is 0. The Kier molecular flexibility index (Phi) is 3.12. The standard InChI is InChI=1S/C5H6BrIN2O/c1-10-9-3-2-4(7)8-5(9)6/h2-3,5H,1H3. The summed E-state index contributed by atoms with van der Waals surface area (Å²) in [6, 6.07) is 0. The third kappa shape index (κ3) is 1.93. The first-order valence-corrected chi connectivity index (χ1v) is 4.61. The van der Waals surface area contributed by atoms with Crippen LogP contribution in [-0.4, -0.2) is 21.0 Å². The maximum absolute atomic E-state index is 4.94. The normalized spacial score (nSPS) is 24.9. The quantitative estimate of drug-likeness (QED) is 0.419. The topological polar surface area (TPSA) is 24.8 Å². The first-order valence-electron chi connectivity index (χ1n) is 2.62. The molecule has 5 heteroatoms. The van der Waals surface area contributed by atoms with Crippen LogP contribution < -0.4 is 0 Å². The molecule has 1 aliphatic rings. The van der Waals surface area contributed by atoms with Crippen molar-refractivity contribution in [3.8, 4) is 0 Å². The van der Waals surface area contributed by atoms with Crippen molar-refractivity contribution in [2.75, 3.05) is 7.11 Å². The molecule has 0 spiro atoms. The van der Waals surface area contributed by atoms with Gasteiger partial charge in [-0.05, 0) is 44.6 Å². The van der Waals surface area contributed by atoms with Crippen molar-refractivity contribution in [1.29, 1.82) is 0 Å². The molecule has 0 amide bonds. The number of alkyl halides is 1. The number of halogens is 2. The Morgan fingerprint density at radius 2 is 2.60 bits per heavy atom. The zero-order chi connectivity index (χ0) is 7.56. The van der Waals surface area contributed by atoms with E-state index in [9.17, 15) is 0 Å². The fourth-order valence-corrected chi connectivity index (χ4v) is 1.89. The van der Waals surface area contributed by atoms with Crippen LogP contribution >= 0.6 is 38.5 Å². The third-order valence-corrected chi connectivity index (χ3v) is 2.26. The van der Waals surface area contributed by atoms with Gasteiger partial charge in [0.2, 0.25) is 5.08 Å². The Hall–Kier alpha value is 0.380. The van der Waals surface area contributed by atoms with Crippen molar-refractivity contribution < 1.29 is 4.84 Å². The molecule has 1 heterocycles. The average Bonchev–Trinajstić information content (AvgIpc) is 1.88. The first-order chi connectivity index (χ1) is 4.74. The number of hydrogen-bond donors (Lipinski definition) is 0. The predicted molar refractivity (Wildman–Crippen MR) is 52.2 cm³/mol. The van der Waals surface area contributed by atoms with Crippen molar-refractivity contribution in [2.45, 2.75) is 5.08 Å². The van der Waals surface area contributed by atoms with E-state index in [1.807, 2.05) is 12.3 Å². The van der Waals surface area contributed by atoms with Crippen LogP contribution in [0.15, 0.2) is 17.3 Å². The summed E-state index contributed by atoms with van der Waals surface area (Å²) in [7, 11) is 1.60. The van der Waals surface area contributed by atoms with Crippen LogP contribution in [0.3, 0.4) is 0 Å². The maximum Gasteiger partial charge on any atom is 0.201 e. The van der Waals surface area contributed by atoms with Crippen LogP contribution in [0, 0.1) is 0 Å². The molecule has 0 N–H and O–H groups in total. The number of hydrogen-bond acceptors (Lipinski definition) is 3. The second-order valence-electron chi connectivity index (χ2n) is 1.62. The lowest BCUT2D eigenvalue weighted by atomic mass is 10.6. The largest absolute Gasteiger partial charge is 0.274 e. The summed E-state index contributed by atoms with van der Waals surface area (Å²) in [6.45, 7) is 0. The van der Waals surface area contributed by atoms with Gasteiger partial charge in [0, 0.05) is 6.20 Å². The number of rotatable bonds is 1. The van der Waals surface area contributed by atoms with E-state index < -0.39 is 0 Å². The monoisotopic (exact) mass is 316 g/mol. The molecule has 0 aromatic rings. The fourth-order valence-electron chi connectivity index (χ4n) is 0.556. The summed E-state index contributed by atoms with van der Waals surface area (Å²) in [4.78, 5) is 9.11. The predicted octanol–water partition coefficient (Wildman–Crippen LogP) is 1.89. The first kappa shape index (κ1) is 8.48. The molecule has 1 atom stereocenters. The van der Waals surface area contributed by atoms with Crippen molar-refractivity contribution in [3.63, 3.8) is 0 Å². The summed E-state index contributed by atoms with van der Waals surface area (Å²) >= 11 is 5.46. The van der Waals surface area contributed by atoms with E-state index in [0.29, 0.717) is 0 Å². The highest BCUT2D eigenvalue weighted by molar-refractivity contribution is 14.1. The highest BCUT2D eigenvalue weighted by Gasteiger charge is 2.12. The zero-order valence-electron chi connectivity index (χ0n) is 5.29. The zero-order valence-corrected chi connectivity index (χ0v) is 9.03. The minimum Gasteiger partial charge on any atom is -0.274 e. The van der Waals surface area contributed by atoms with Gasteiger partial charge in [-0.1, -0.05) is 0 Å². The highest BCUT2D eigenvalue weighted by atomic mass is 127. The molecule has 0 bridgehead atoms. The van der Waals surface area contributed by atoms with Gasteiger partial charge in [-0.25, -0.2) is 10.1 Å². The van der Waals surface area contributed by atoms with Gasteiger partial charge in [-0.15, -0.1) is 0 Å². The molecule has 0 saturated heterocycles. The maximum atomic E-state index is 4.94. The van der Waals surface area contributed by atoms with Crippen LogP contribution in [-0.2, 0) is 4.84 Å². The second kappa shape index (κ2) is 3.68. The van der Waals surface area contributed by atoms with Crippen molar-refractivity contribution in [2.24, 2.45) is 4.99 Å². The van der Waals surface area contributed by atoms with Crippen molar-refractivity contribution >= 4 is 42.2 Å². The lowest BCUT2D eigenvalue weighted by molar-refractivity contribution is -0.0939. The molecular formula is C5H6BrIN2O. The van der Waals surface area contributed by atoms with E-state index in [0.717, 1.165) is 3.72 Å². The number of allylic oxidation sites excluding steroid dienone is 1. The summed E-state index contributed by atoms with van der Waals surface area (Å²) < 4.78 is 0.966. The van der Waals surface area contributed by atoms with E-state index in [-0.39, 0.29) is 5.08 Å². The van der Waals surface area contributed by atoms with Gasteiger partial charge in [0.1, 0.15) is 3.72 Å². The third-order valence-electron chi connectivity index (χ3n) is 1.01. The molecule has 0 saturated carbocycles. The van der Waals surface area contributed by atoms with E-state index in [2.05, 4.69) is 43.5 Å². The minimum atomic E-state index is -0.0885. The minimum absolute atomic E-state index is 0.0885. The lowest BCUT2D eigenvalue weighted by Gasteiger charge is -2.22. The van der Waals surface area contributed by atoms with Crippen LogP contribution in [0.5, 0.6) is 0 Å². The molecule has 1 rings (SSSR count). The SMILES string of the molecule is CON1C=CC(I)=NC1Br. The molecule has 0 aromatic heterocycles. The van der Waals surface area contributed by atoms with E-state index in [1.165, 1.54) is 0 Å². The molecule has 56 valence electrons. The molecule has 3 nitrogen and oxygen atoms in total. The Morgan fingerprint density at radius 1 is 1.90 bits per heavy atom. The van der Waals surface area contributed by atoms with Gasteiger partial charge in [0.05, 0.1) is 7.11 Å². The van der Waals surface area contributed by atoms with Gasteiger partial charge < -0.3 is 0 Å². The van der Waals surface area contributed by atoms with Crippen LogP contribution in [0.2, 0.25) is 0 Å². The van der Waals surface area contributed by atoms with Crippen molar-refractivity contribution in [3.05, 3.63) is 12.3 Å². The highest BCUT2D eigenvalue weighted by Crippen LogP contribution is 2.16. The molecule has 0 radical (unpaired) electrons. The fraction of sp³-hybridized carbons (Fsp3) is 0.400. The number of hydroxylamine groups is 2. The summed E-state index contributed by atoms with van der Waals surface area (Å²) in [6.07, 6.45) is 3.70. The van der Waals surface area contributed by atoms with Gasteiger partial charge in [-0.2, -0.15) is 0 Å². The smallest absolute Gasteiger partial charge is 0.201 e. The molecule has 0 aliphatic carbocycles. The Balaban J connectivity index is 2.64. The number of nitrogens with zero attached hydrogens (tertiary/aromatic N) is 2. The van der Waals surface area contributed by atoms with E-state index in [1.54, 1.807) is 12.2 Å². The van der Waals surface area contributed by atoms with E-state index >= 15 is 0 Å². The Bertz CT molecular complexity index is 182. The lowest BCUT2D eigenvalue weighted by Crippen LogP contribution is -2.25. The molecule has 0 fully saturated rings. The average molecular weight is 317 g/mol. The second-order valence-corrected chi connectivity index (χ2v) is 3.54. The van der Waals surface area contributed by atoms with Gasteiger partial charge in [-0.3, -0.25) is 4.84 Å². The van der Waals surface area contributed by atoms with E-state index in [4.69, 9.17) is 4.84 Å². The van der Waals surface area contributed by atoms with Gasteiger partial charge in [0.15, 0.2) is 0 Å². The summed E-state index contributed by atoms with van der Waals surface area (Å²) in [5, 5.41) is 1.52. The van der Waals surface area contributed by atoms with Crippen LogP contribution in [0.1, 0.15) is 0 Å². The molecule has 0 aromatic carbocycles. The molecule has 1 aliphatic heterocycles. The van der Waals surface area contributed by atoms with Crippen LogP contribution in [0.25, 0.3) is 0 Å². The Labute approximate surface area is 81.4 Å². The molecular weight excluding hydrogens is 311 g/mol.